The van der Waals surface area contributed by atoms with Gasteiger partial charge in [0.25, 0.3) is 10.1 Å². The van der Waals surface area contributed by atoms with Crippen LogP contribution >= 0.6 is 0 Å². The Balaban J connectivity index is 1.41. The van der Waals surface area contributed by atoms with Crippen LogP contribution in [0, 0.1) is 46.3 Å². The van der Waals surface area contributed by atoms with Gasteiger partial charge in [-0.2, -0.15) is 8.42 Å². The van der Waals surface area contributed by atoms with Crippen molar-refractivity contribution in [3.8, 4) is 0 Å². The topological polar surface area (TPSA) is 132 Å². The molecule has 0 aromatic heterocycles. The minimum Gasteiger partial charge on any atom is -0.479 e. The molecule has 10 atom stereocenters. The van der Waals surface area contributed by atoms with E-state index in [9.17, 15) is 28.5 Å². The fraction of sp³-hybridized carbons (Fsp3) is 0.963. The summed E-state index contributed by atoms with van der Waals surface area (Å²) >= 11 is 0. The van der Waals surface area contributed by atoms with Gasteiger partial charge in [-0.3, -0.25) is 4.55 Å². The van der Waals surface area contributed by atoms with E-state index in [0.717, 1.165) is 23.7 Å². The van der Waals surface area contributed by atoms with Crippen molar-refractivity contribution in [1.82, 2.24) is 0 Å². The molecule has 0 aromatic rings. The molecular weight excluding hydrogens is 468 g/mol. The average molecular weight is 515 g/mol. The van der Waals surface area contributed by atoms with E-state index in [4.69, 9.17) is 4.55 Å². The lowest BCUT2D eigenvalue weighted by Gasteiger charge is -2.61. The van der Waals surface area contributed by atoms with Crippen LogP contribution in [0.25, 0.3) is 0 Å². The lowest BCUT2D eigenvalue weighted by Crippen LogP contribution is -2.53. The van der Waals surface area contributed by atoms with Crippen LogP contribution in [0.4, 0.5) is 0 Å². The number of aliphatic hydroxyl groups excluding tert-OH is 1. The maximum atomic E-state index is 11.6. The molecule has 0 radical (unpaired) electrons. The summed E-state index contributed by atoms with van der Waals surface area (Å²) in [4.78, 5) is 11.6. The molecule has 0 saturated heterocycles. The number of fused-ring (bicyclic) bond motifs is 5. The van der Waals surface area contributed by atoms with Gasteiger partial charge < -0.3 is 15.3 Å². The second kappa shape index (κ2) is 9.55. The molecule has 35 heavy (non-hydrogen) atoms. The zero-order chi connectivity index (χ0) is 25.8. The van der Waals surface area contributed by atoms with Gasteiger partial charge in [-0.15, -0.1) is 0 Å². The predicted molar refractivity (Wildman–Crippen MR) is 133 cm³/mol. The highest BCUT2D eigenvalue weighted by Gasteiger charge is 2.60. The fourth-order valence-corrected chi connectivity index (χ4v) is 10.5. The molecule has 0 heterocycles. The van der Waals surface area contributed by atoms with Crippen molar-refractivity contribution in [3.05, 3.63) is 0 Å². The van der Waals surface area contributed by atoms with Crippen molar-refractivity contribution >= 4 is 16.1 Å². The highest BCUT2D eigenvalue weighted by atomic mass is 32.2. The van der Waals surface area contributed by atoms with Gasteiger partial charge in [0.2, 0.25) is 11.0 Å². The zero-order valence-electron chi connectivity index (χ0n) is 21.7. The first-order chi connectivity index (χ1) is 16.2. The van der Waals surface area contributed by atoms with E-state index in [-0.39, 0.29) is 11.8 Å². The predicted octanol–water partition coefficient (Wildman–Crippen LogP) is 4.86. The molecular formula is C27H46O7S. The number of carboxylic acids is 1. The number of aliphatic carboxylic acids is 1. The molecule has 4 aliphatic rings. The number of hydrogen-bond donors (Lipinski definition) is 4. The Bertz CT molecular complexity index is 905. The lowest BCUT2D eigenvalue weighted by atomic mass is 9.44. The summed E-state index contributed by atoms with van der Waals surface area (Å²) in [6.45, 7) is 7.27. The standard InChI is InChI=1S/C27H46O7S/c1-17(7-6-15-27(31,23(28)29)24(30)35(32,33)34)20-11-12-21-19-10-9-18-8-4-5-14-25(18,2)22(19)13-16-26(20,21)3/h17-22,24,30-31H,4-16H2,1-3H3,(H,28,29)(H,32,33,34)/t17-,18?,19+,20-,21+,22+,24?,25+,26-,27?/m1/s1. The minimum absolute atomic E-state index is 0.263. The third-order valence-electron chi connectivity index (χ3n) is 11.6. The van der Waals surface area contributed by atoms with Crippen molar-refractivity contribution in [2.24, 2.45) is 46.3 Å². The molecule has 0 aliphatic heterocycles. The number of carbonyl (C=O) groups is 1. The highest BCUT2D eigenvalue weighted by molar-refractivity contribution is 7.86. The Morgan fingerprint density at radius 1 is 1.00 bits per heavy atom. The largest absolute Gasteiger partial charge is 0.479 e. The van der Waals surface area contributed by atoms with Gasteiger partial charge in [0, 0.05) is 0 Å². The van der Waals surface area contributed by atoms with Crippen LogP contribution < -0.4 is 0 Å². The molecule has 4 rings (SSSR count). The van der Waals surface area contributed by atoms with Crippen molar-refractivity contribution in [2.75, 3.05) is 0 Å². The first-order valence-electron chi connectivity index (χ1n) is 13.9. The van der Waals surface area contributed by atoms with Gasteiger partial charge in [0.1, 0.15) is 0 Å². The van der Waals surface area contributed by atoms with Gasteiger partial charge in [-0.25, -0.2) is 4.79 Å². The van der Waals surface area contributed by atoms with E-state index < -0.39 is 33.5 Å². The van der Waals surface area contributed by atoms with Crippen molar-refractivity contribution in [1.29, 1.82) is 0 Å². The molecule has 4 aliphatic carbocycles. The SMILES string of the molecule is C[C@H](CCCC(O)(C(=O)O)C(O)S(=O)(=O)O)[C@H]1CC[C@H]2[C@@H]3CCC4CCCC[C@]4(C)[C@H]3CC[C@]12C. The van der Waals surface area contributed by atoms with E-state index >= 15 is 0 Å². The van der Waals surface area contributed by atoms with Gasteiger partial charge in [-0.1, -0.05) is 40.0 Å². The Morgan fingerprint density at radius 2 is 1.69 bits per heavy atom. The van der Waals surface area contributed by atoms with Crippen molar-refractivity contribution in [3.63, 3.8) is 0 Å². The molecule has 8 heteroatoms. The molecule has 202 valence electrons. The van der Waals surface area contributed by atoms with Crippen LogP contribution in [0.2, 0.25) is 0 Å². The van der Waals surface area contributed by atoms with E-state index in [1.807, 2.05) is 0 Å². The van der Waals surface area contributed by atoms with E-state index in [1.54, 1.807) is 0 Å². The summed E-state index contributed by atoms with van der Waals surface area (Å²) in [6, 6.07) is 0. The molecule has 0 amide bonds. The second-order valence-electron chi connectivity index (χ2n) is 13.1. The van der Waals surface area contributed by atoms with Gasteiger partial charge in [0.15, 0.2) is 0 Å². The van der Waals surface area contributed by atoms with E-state index in [0.29, 0.717) is 23.7 Å². The molecule has 7 nitrogen and oxygen atoms in total. The van der Waals surface area contributed by atoms with Crippen molar-refractivity contribution < 1.29 is 33.1 Å². The molecule has 0 spiro atoms. The van der Waals surface area contributed by atoms with Crippen LogP contribution in [0.5, 0.6) is 0 Å². The van der Waals surface area contributed by atoms with Crippen LogP contribution in [0.3, 0.4) is 0 Å². The summed E-state index contributed by atoms with van der Waals surface area (Å²) in [5.74, 6) is 2.30. The second-order valence-corrected chi connectivity index (χ2v) is 14.6. The Kier molecular flexibility index (Phi) is 7.46. The first kappa shape index (κ1) is 27.3. The summed E-state index contributed by atoms with van der Waals surface area (Å²) < 4.78 is 31.7. The van der Waals surface area contributed by atoms with Crippen molar-refractivity contribution in [2.45, 2.75) is 115 Å². The lowest BCUT2D eigenvalue weighted by molar-refractivity contribution is -0.167. The molecule has 4 saturated carbocycles. The summed E-state index contributed by atoms with van der Waals surface area (Å²) in [5, 5.41) is 29.5. The molecule has 0 aromatic carbocycles. The zero-order valence-corrected chi connectivity index (χ0v) is 22.5. The minimum atomic E-state index is -5.10. The van der Waals surface area contributed by atoms with Crippen LogP contribution in [-0.2, 0) is 14.9 Å². The first-order valence-corrected chi connectivity index (χ1v) is 15.4. The summed E-state index contributed by atoms with van der Waals surface area (Å²) in [5.41, 5.74) is -4.89. The third-order valence-corrected chi connectivity index (χ3v) is 12.6. The van der Waals surface area contributed by atoms with E-state index in [1.165, 1.54) is 64.2 Å². The monoisotopic (exact) mass is 514 g/mol. The number of rotatable bonds is 8. The number of carboxylic acid groups (broad SMARTS) is 1. The van der Waals surface area contributed by atoms with Gasteiger partial charge in [0.05, 0.1) is 0 Å². The third kappa shape index (κ3) is 4.59. The van der Waals surface area contributed by atoms with E-state index in [2.05, 4.69) is 20.8 Å². The smallest absolute Gasteiger partial charge is 0.339 e. The Morgan fingerprint density at radius 3 is 2.34 bits per heavy atom. The Labute approximate surface area is 210 Å². The molecule has 0 bridgehead atoms. The highest BCUT2D eigenvalue weighted by Crippen LogP contribution is 2.68. The number of hydrogen-bond acceptors (Lipinski definition) is 5. The summed E-state index contributed by atoms with van der Waals surface area (Å²) in [6.07, 6.45) is 13.8. The van der Waals surface area contributed by atoms with Gasteiger partial charge in [-0.05, 0) is 111 Å². The fourth-order valence-electron chi connectivity index (χ4n) is 9.75. The Hall–Kier alpha value is -0.700. The maximum absolute atomic E-state index is 11.6. The molecule has 4 fully saturated rings. The van der Waals surface area contributed by atoms with Crippen LogP contribution in [0.15, 0.2) is 0 Å². The van der Waals surface area contributed by atoms with Gasteiger partial charge >= 0.3 is 5.97 Å². The maximum Gasteiger partial charge on any atom is 0.339 e. The normalized spacial score (nSPS) is 42.7. The van der Waals surface area contributed by atoms with Crippen LogP contribution in [0.1, 0.15) is 104 Å². The average Bonchev–Trinajstić information content (AvgIpc) is 3.14. The summed E-state index contributed by atoms with van der Waals surface area (Å²) in [7, 11) is -5.10. The quantitative estimate of drug-likeness (QED) is 0.340. The molecule has 4 N–H and O–H groups in total. The number of aliphatic hydroxyl groups is 2. The molecule has 3 unspecified atom stereocenters. The van der Waals surface area contributed by atoms with Crippen LogP contribution in [-0.4, -0.2) is 45.3 Å².